The SMILES string of the molecule is Cc1ccc(CNC(=O)c2sc3nc4c(cc3c2N)CCCCCC4)cc1. The maximum Gasteiger partial charge on any atom is 0.263 e. The van der Waals surface area contributed by atoms with Crippen LogP contribution < -0.4 is 11.1 Å². The summed E-state index contributed by atoms with van der Waals surface area (Å²) in [5.74, 6) is -0.122. The van der Waals surface area contributed by atoms with Crippen molar-refractivity contribution in [2.45, 2.75) is 52.0 Å². The summed E-state index contributed by atoms with van der Waals surface area (Å²) in [6.07, 6.45) is 7.03. The number of fused-ring (bicyclic) bond motifs is 2. The van der Waals surface area contributed by atoms with Crippen LogP contribution in [-0.4, -0.2) is 10.9 Å². The molecule has 0 bridgehead atoms. The molecule has 1 amide bonds. The zero-order valence-electron chi connectivity index (χ0n) is 15.7. The van der Waals surface area contributed by atoms with Crippen LogP contribution in [0.2, 0.25) is 0 Å². The van der Waals surface area contributed by atoms with Gasteiger partial charge in [-0.1, -0.05) is 42.7 Å². The zero-order chi connectivity index (χ0) is 18.8. The average molecular weight is 380 g/mol. The van der Waals surface area contributed by atoms with E-state index in [0.717, 1.165) is 28.6 Å². The van der Waals surface area contributed by atoms with Gasteiger partial charge in [0.1, 0.15) is 9.71 Å². The topological polar surface area (TPSA) is 68.0 Å². The number of nitrogens with zero attached hydrogens (tertiary/aromatic N) is 1. The Labute approximate surface area is 163 Å². The minimum atomic E-state index is -0.122. The van der Waals surface area contributed by atoms with Gasteiger partial charge in [-0.25, -0.2) is 4.98 Å². The van der Waals surface area contributed by atoms with Gasteiger partial charge in [-0.2, -0.15) is 0 Å². The number of benzene rings is 1. The van der Waals surface area contributed by atoms with Gasteiger partial charge in [0.2, 0.25) is 0 Å². The standard InChI is InChI=1S/C22H25N3OS/c1-14-8-10-15(11-9-14)13-24-21(26)20-19(23)17-12-16-6-4-2-3-5-7-18(16)25-22(17)27-20/h8-12H,2-7,13,23H2,1H3,(H,24,26). The molecule has 0 aliphatic heterocycles. The summed E-state index contributed by atoms with van der Waals surface area (Å²) in [6.45, 7) is 2.55. The predicted molar refractivity (Wildman–Crippen MR) is 112 cm³/mol. The van der Waals surface area contributed by atoms with Crippen molar-refractivity contribution in [3.63, 3.8) is 0 Å². The van der Waals surface area contributed by atoms with Crippen molar-refractivity contribution in [2.24, 2.45) is 0 Å². The van der Waals surface area contributed by atoms with Gasteiger partial charge in [-0.15, -0.1) is 11.3 Å². The van der Waals surface area contributed by atoms with Crippen LogP contribution in [0.5, 0.6) is 0 Å². The van der Waals surface area contributed by atoms with Crippen molar-refractivity contribution < 1.29 is 4.79 Å². The number of nitrogen functional groups attached to an aromatic ring is 1. The smallest absolute Gasteiger partial charge is 0.263 e. The van der Waals surface area contributed by atoms with E-state index in [1.165, 1.54) is 53.8 Å². The average Bonchev–Trinajstić information content (AvgIpc) is 2.97. The molecule has 0 fully saturated rings. The highest BCUT2D eigenvalue weighted by Crippen LogP contribution is 2.35. The number of anilines is 1. The summed E-state index contributed by atoms with van der Waals surface area (Å²) < 4.78 is 0. The van der Waals surface area contributed by atoms with Crippen LogP contribution >= 0.6 is 11.3 Å². The minimum Gasteiger partial charge on any atom is -0.397 e. The number of carbonyl (C=O) groups excluding carboxylic acids is 1. The first-order valence-corrected chi connectivity index (χ1v) is 10.5. The monoisotopic (exact) mass is 379 g/mol. The Morgan fingerprint density at radius 2 is 1.89 bits per heavy atom. The molecule has 1 aliphatic carbocycles. The Morgan fingerprint density at radius 1 is 1.15 bits per heavy atom. The molecule has 1 aliphatic rings. The molecule has 1 aromatic carbocycles. The fourth-order valence-electron chi connectivity index (χ4n) is 3.65. The molecule has 0 radical (unpaired) electrons. The minimum absolute atomic E-state index is 0.122. The first kappa shape index (κ1) is 18.0. The number of carbonyl (C=O) groups is 1. The number of nitrogens with one attached hydrogen (secondary N) is 1. The molecule has 0 saturated carbocycles. The van der Waals surface area contributed by atoms with E-state index in [0.29, 0.717) is 17.1 Å². The molecule has 4 nitrogen and oxygen atoms in total. The van der Waals surface area contributed by atoms with E-state index in [1.807, 2.05) is 12.1 Å². The maximum absolute atomic E-state index is 12.7. The van der Waals surface area contributed by atoms with Crippen LogP contribution in [0.3, 0.4) is 0 Å². The first-order chi connectivity index (χ1) is 13.1. The van der Waals surface area contributed by atoms with Crippen LogP contribution in [0.25, 0.3) is 10.2 Å². The normalized spacial score (nSPS) is 14.4. The number of aromatic nitrogens is 1. The Hall–Kier alpha value is -2.40. The molecule has 27 heavy (non-hydrogen) atoms. The molecule has 2 heterocycles. The number of aryl methyl sites for hydroxylation is 3. The fraction of sp³-hybridized carbons (Fsp3) is 0.364. The number of hydrogen-bond donors (Lipinski definition) is 2. The van der Waals surface area contributed by atoms with Gasteiger partial charge < -0.3 is 11.1 Å². The van der Waals surface area contributed by atoms with Crippen molar-refractivity contribution in [3.8, 4) is 0 Å². The molecule has 140 valence electrons. The molecular formula is C22H25N3OS. The van der Waals surface area contributed by atoms with Crippen LogP contribution in [0.1, 0.15) is 57.7 Å². The van der Waals surface area contributed by atoms with Gasteiger partial charge in [0, 0.05) is 17.6 Å². The van der Waals surface area contributed by atoms with Crippen molar-refractivity contribution in [1.82, 2.24) is 10.3 Å². The van der Waals surface area contributed by atoms with Crippen LogP contribution in [0.15, 0.2) is 30.3 Å². The highest BCUT2D eigenvalue weighted by molar-refractivity contribution is 7.21. The van der Waals surface area contributed by atoms with Crippen molar-refractivity contribution in [3.05, 3.63) is 57.6 Å². The summed E-state index contributed by atoms with van der Waals surface area (Å²) in [5, 5.41) is 3.92. The summed E-state index contributed by atoms with van der Waals surface area (Å²) in [4.78, 5) is 19.0. The lowest BCUT2D eigenvalue weighted by Gasteiger charge is -2.12. The fourth-order valence-corrected chi connectivity index (χ4v) is 4.66. The Kier molecular flexibility index (Phi) is 5.12. The third-order valence-corrected chi connectivity index (χ3v) is 6.39. The van der Waals surface area contributed by atoms with E-state index in [4.69, 9.17) is 10.7 Å². The second-order valence-electron chi connectivity index (χ2n) is 7.37. The summed E-state index contributed by atoms with van der Waals surface area (Å²) >= 11 is 1.41. The van der Waals surface area contributed by atoms with Gasteiger partial charge >= 0.3 is 0 Å². The molecule has 3 aromatic rings. The van der Waals surface area contributed by atoms with Crippen molar-refractivity contribution in [2.75, 3.05) is 5.73 Å². The molecule has 0 atom stereocenters. The first-order valence-electron chi connectivity index (χ1n) is 9.66. The lowest BCUT2D eigenvalue weighted by atomic mass is 9.96. The van der Waals surface area contributed by atoms with Crippen LogP contribution in [-0.2, 0) is 19.4 Å². The van der Waals surface area contributed by atoms with Gasteiger partial charge in [0.25, 0.3) is 5.91 Å². The summed E-state index contributed by atoms with van der Waals surface area (Å²) in [6, 6.07) is 10.3. The third-order valence-electron chi connectivity index (χ3n) is 5.28. The summed E-state index contributed by atoms with van der Waals surface area (Å²) in [7, 11) is 0. The van der Waals surface area contributed by atoms with Gasteiger partial charge in [-0.05, 0) is 49.8 Å². The third kappa shape index (κ3) is 3.83. The predicted octanol–water partition coefficient (Wildman–Crippen LogP) is 4.78. The molecule has 0 saturated heterocycles. The van der Waals surface area contributed by atoms with Crippen molar-refractivity contribution in [1.29, 1.82) is 0 Å². The highest BCUT2D eigenvalue weighted by Gasteiger charge is 2.19. The summed E-state index contributed by atoms with van der Waals surface area (Å²) in [5.41, 5.74) is 11.7. The van der Waals surface area contributed by atoms with Crippen molar-refractivity contribution >= 4 is 33.1 Å². The molecule has 5 heteroatoms. The number of nitrogens with two attached hydrogens (primary N) is 1. The Bertz CT molecular complexity index is 975. The second-order valence-corrected chi connectivity index (χ2v) is 8.37. The van der Waals surface area contributed by atoms with Crippen LogP contribution in [0, 0.1) is 6.92 Å². The number of pyridine rings is 1. The van der Waals surface area contributed by atoms with Gasteiger partial charge in [-0.3, -0.25) is 4.79 Å². The van der Waals surface area contributed by atoms with E-state index >= 15 is 0 Å². The number of thiophene rings is 1. The number of rotatable bonds is 3. The molecule has 0 spiro atoms. The Morgan fingerprint density at radius 3 is 2.67 bits per heavy atom. The van der Waals surface area contributed by atoms with E-state index in [9.17, 15) is 4.79 Å². The van der Waals surface area contributed by atoms with Gasteiger partial charge in [0.05, 0.1) is 5.69 Å². The molecule has 4 rings (SSSR count). The van der Waals surface area contributed by atoms with Gasteiger partial charge in [0.15, 0.2) is 0 Å². The maximum atomic E-state index is 12.7. The number of amides is 1. The highest BCUT2D eigenvalue weighted by atomic mass is 32.1. The zero-order valence-corrected chi connectivity index (χ0v) is 16.5. The molecular weight excluding hydrogens is 354 g/mol. The lowest BCUT2D eigenvalue weighted by Crippen LogP contribution is -2.22. The lowest BCUT2D eigenvalue weighted by molar-refractivity contribution is 0.0956. The van der Waals surface area contributed by atoms with Crippen LogP contribution in [0.4, 0.5) is 5.69 Å². The van der Waals surface area contributed by atoms with E-state index in [1.54, 1.807) is 0 Å². The molecule has 3 N–H and O–H groups in total. The molecule has 2 aromatic heterocycles. The number of hydrogen-bond acceptors (Lipinski definition) is 4. The van der Waals surface area contributed by atoms with E-state index in [2.05, 4.69) is 30.4 Å². The quantitative estimate of drug-likeness (QED) is 0.688. The largest absolute Gasteiger partial charge is 0.397 e. The Balaban J connectivity index is 1.58. The molecule has 0 unspecified atom stereocenters. The van der Waals surface area contributed by atoms with E-state index in [-0.39, 0.29) is 5.91 Å². The second kappa shape index (κ2) is 7.69. The van der Waals surface area contributed by atoms with E-state index < -0.39 is 0 Å².